The fourth-order valence-electron chi connectivity index (χ4n) is 4.66. The van der Waals surface area contributed by atoms with Crippen LogP contribution in [-0.4, -0.2) is 59.1 Å². The number of amides is 1. The number of para-hydroxylation sites is 1. The van der Waals surface area contributed by atoms with Gasteiger partial charge in [-0.3, -0.25) is 14.9 Å². The number of anilines is 1. The van der Waals surface area contributed by atoms with Crippen LogP contribution >= 0.6 is 0 Å². The van der Waals surface area contributed by atoms with E-state index in [1.54, 1.807) is 12.1 Å². The van der Waals surface area contributed by atoms with Crippen molar-refractivity contribution in [2.75, 3.05) is 37.6 Å². The van der Waals surface area contributed by atoms with E-state index >= 15 is 0 Å². The Morgan fingerprint density at radius 1 is 1.11 bits per heavy atom. The fourth-order valence-corrected chi connectivity index (χ4v) is 4.66. The van der Waals surface area contributed by atoms with Crippen molar-refractivity contribution in [2.45, 2.75) is 38.8 Å². The van der Waals surface area contributed by atoms with E-state index in [0.717, 1.165) is 35.2 Å². The van der Waals surface area contributed by atoms with Gasteiger partial charge in [-0.25, -0.2) is 0 Å². The van der Waals surface area contributed by atoms with E-state index in [2.05, 4.69) is 22.5 Å². The lowest BCUT2D eigenvalue weighted by molar-refractivity contribution is -0.384. The summed E-state index contributed by atoms with van der Waals surface area (Å²) in [7, 11) is 0. The number of rotatable bonds is 10. The molecule has 0 aliphatic carbocycles. The molecule has 1 unspecified atom stereocenters. The number of fused-ring (bicyclic) bond motifs is 1. The number of nitrogens with zero attached hydrogens (tertiary/aromatic N) is 4. The van der Waals surface area contributed by atoms with Gasteiger partial charge >= 0.3 is 0 Å². The lowest BCUT2D eigenvalue weighted by Crippen LogP contribution is -2.49. The first-order valence-corrected chi connectivity index (χ1v) is 12.2. The molecule has 1 aliphatic rings. The Morgan fingerprint density at radius 2 is 1.83 bits per heavy atom. The monoisotopic (exact) mass is 479 g/mol. The Labute approximate surface area is 205 Å². The molecule has 1 atom stereocenters. The molecule has 2 N–H and O–H groups in total. The van der Waals surface area contributed by atoms with Crippen LogP contribution in [0.2, 0.25) is 0 Å². The Kier molecular flexibility index (Phi) is 7.87. The number of nitrogens with two attached hydrogens (primary N) is 1. The molecule has 35 heavy (non-hydrogen) atoms. The average molecular weight is 480 g/mol. The molecular formula is C26H33N5O4. The summed E-state index contributed by atoms with van der Waals surface area (Å²) in [5.74, 6) is 0.890. The van der Waals surface area contributed by atoms with Crippen molar-refractivity contribution in [3.8, 4) is 5.75 Å². The Balaban J connectivity index is 1.37. The Bertz CT molecular complexity index is 1150. The molecule has 186 valence electrons. The quantitative estimate of drug-likeness (QED) is 0.350. The van der Waals surface area contributed by atoms with Gasteiger partial charge in [0.05, 0.1) is 16.9 Å². The van der Waals surface area contributed by atoms with Gasteiger partial charge in [-0.2, -0.15) is 0 Å². The predicted octanol–water partition coefficient (Wildman–Crippen LogP) is 3.79. The zero-order valence-corrected chi connectivity index (χ0v) is 20.1. The van der Waals surface area contributed by atoms with E-state index in [-0.39, 0.29) is 17.7 Å². The van der Waals surface area contributed by atoms with Crippen molar-refractivity contribution in [3.05, 3.63) is 64.8 Å². The molecule has 9 nitrogen and oxygen atoms in total. The summed E-state index contributed by atoms with van der Waals surface area (Å²) >= 11 is 0. The third-order valence-corrected chi connectivity index (χ3v) is 6.49. The van der Waals surface area contributed by atoms with Crippen LogP contribution in [0.5, 0.6) is 5.75 Å². The summed E-state index contributed by atoms with van der Waals surface area (Å²) in [4.78, 5) is 27.7. The van der Waals surface area contributed by atoms with Crippen molar-refractivity contribution in [1.82, 2.24) is 9.47 Å². The lowest BCUT2D eigenvalue weighted by Gasteiger charge is -2.36. The van der Waals surface area contributed by atoms with E-state index in [1.807, 2.05) is 29.3 Å². The summed E-state index contributed by atoms with van der Waals surface area (Å²) in [6.07, 6.45) is 3.85. The summed E-state index contributed by atoms with van der Waals surface area (Å²) in [6, 6.07) is 14.7. The number of hydrogen-bond acceptors (Lipinski definition) is 6. The Hall–Kier alpha value is -3.59. The van der Waals surface area contributed by atoms with Crippen molar-refractivity contribution in [3.63, 3.8) is 0 Å². The molecule has 1 aromatic heterocycles. The third kappa shape index (κ3) is 5.74. The summed E-state index contributed by atoms with van der Waals surface area (Å²) < 4.78 is 8.51. The van der Waals surface area contributed by atoms with Crippen molar-refractivity contribution < 1.29 is 14.5 Å². The maximum atomic E-state index is 13.1. The van der Waals surface area contributed by atoms with Gasteiger partial charge in [-0.05, 0) is 30.7 Å². The standard InChI is InChI=1S/C26H33N5O4/c1-2-5-22(35-25-19-30(13-12-27)24-7-4-3-6-23(24)25)18-26(32)29-16-14-28(15-17-29)20-8-10-21(11-9-20)31(33)34/h3-4,6-11,19,22H,2,5,12-18,27H2,1H3. The number of carbonyl (C=O) groups excluding carboxylic acids is 1. The van der Waals surface area contributed by atoms with E-state index in [4.69, 9.17) is 10.5 Å². The van der Waals surface area contributed by atoms with Crippen LogP contribution in [0, 0.1) is 10.1 Å². The molecule has 3 aromatic rings. The van der Waals surface area contributed by atoms with Crippen molar-refractivity contribution in [2.24, 2.45) is 5.73 Å². The molecule has 1 aliphatic heterocycles. The average Bonchev–Trinajstić information content (AvgIpc) is 3.21. The number of ether oxygens (including phenoxy) is 1. The van der Waals surface area contributed by atoms with Crippen molar-refractivity contribution in [1.29, 1.82) is 0 Å². The summed E-state index contributed by atoms with van der Waals surface area (Å²) in [6.45, 7) is 5.96. The van der Waals surface area contributed by atoms with Crippen LogP contribution in [0.25, 0.3) is 10.9 Å². The van der Waals surface area contributed by atoms with E-state index < -0.39 is 4.92 Å². The maximum Gasteiger partial charge on any atom is 0.269 e. The van der Waals surface area contributed by atoms with Gasteiger partial charge in [0, 0.05) is 68.7 Å². The number of carbonyl (C=O) groups is 1. The largest absolute Gasteiger partial charge is 0.488 e. The molecule has 9 heteroatoms. The van der Waals surface area contributed by atoms with Crippen LogP contribution in [0.1, 0.15) is 26.2 Å². The van der Waals surface area contributed by atoms with Crippen LogP contribution in [0.4, 0.5) is 11.4 Å². The minimum absolute atomic E-state index is 0.0793. The lowest BCUT2D eigenvalue weighted by atomic mass is 10.1. The number of hydrogen-bond donors (Lipinski definition) is 1. The highest BCUT2D eigenvalue weighted by molar-refractivity contribution is 5.87. The van der Waals surface area contributed by atoms with Gasteiger partial charge in [-0.1, -0.05) is 25.5 Å². The van der Waals surface area contributed by atoms with Gasteiger partial charge in [0.25, 0.3) is 5.69 Å². The zero-order chi connectivity index (χ0) is 24.8. The number of nitro benzene ring substituents is 1. The topological polar surface area (TPSA) is 107 Å². The molecule has 0 spiro atoms. The number of piperazine rings is 1. The zero-order valence-electron chi connectivity index (χ0n) is 20.1. The molecule has 0 bridgehead atoms. The molecule has 2 aromatic carbocycles. The normalized spacial score (nSPS) is 14.8. The number of aromatic nitrogens is 1. The second kappa shape index (κ2) is 11.2. The second-order valence-electron chi connectivity index (χ2n) is 8.87. The van der Waals surface area contributed by atoms with Gasteiger partial charge < -0.3 is 24.8 Å². The first-order valence-electron chi connectivity index (χ1n) is 12.2. The van der Waals surface area contributed by atoms with Gasteiger partial charge in [0.15, 0.2) is 0 Å². The maximum absolute atomic E-state index is 13.1. The number of non-ortho nitro benzene ring substituents is 1. The first-order chi connectivity index (χ1) is 17.0. The molecule has 1 saturated heterocycles. The molecule has 1 fully saturated rings. The van der Waals surface area contributed by atoms with Crippen LogP contribution in [0.3, 0.4) is 0 Å². The van der Waals surface area contributed by atoms with E-state index in [0.29, 0.717) is 45.7 Å². The fraction of sp³-hybridized carbons (Fsp3) is 0.423. The predicted molar refractivity (Wildman–Crippen MR) is 137 cm³/mol. The molecular weight excluding hydrogens is 446 g/mol. The van der Waals surface area contributed by atoms with Crippen LogP contribution in [0.15, 0.2) is 54.7 Å². The molecule has 2 heterocycles. The molecule has 0 radical (unpaired) electrons. The molecule has 4 rings (SSSR count). The van der Waals surface area contributed by atoms with E-state index in [9.17, 15) is 14.9 Å². The molecule has 1 amide bonds. The third-order valence-electron chi connectivity index (χ3n) is 6.49. The minimum Gasteiger partial charge on any atom is -0.488 e. The highest BCUT2D eigenvalue weighted by atomic mass is 16.6. The Morgan fingerprint density at radius 3 is 2.49 bits per heavy atom. The van der Waals surface area contributed by atoms with Crippen LogP contribution in [-0.2, 0) is 11.3 Å². The van der Waals surface area contributed by atoms with Gasteiger partial charge in [0.1, 0.15) is 11.9 Å². The SMILES string of the molecule is CCCC(CC(=O)N1CCN(c2ccc([N+](=O)[O-])cc2)CC1)Oc1cn(CCN)c2ccccc12. The smallest absolute Gasteiger partial charge is 0.269 e. The summed E-state index contributed by atoms with van der Waals surface area (Å²) in [5, 5.41) is 11.9. The highest BCUT2D eigenvalue weighted by Gasteiger charge is 2.25. The van der Waals surface area contributed by atoms with Gasteiger partial charge in [0.2, 0.25) is 5.91 Å². The van der Waals surface area contributed by atoms with Crippen LogP contribution < -0.4 is 15.4 Å². The second-order valence-corrected chi connectivity index (χ2v) is 8.87. The number of benzene rings is 2. The minimum atomic E-state index is -0.398. The highest BCUT2D eigenvalue weighted by Crippen LogP contribution is 2.30. The van der Waals surface area contributed by atoms with Crippen molar-refractivity contribution >= 4 is 28.2 Å². The van der Waals surface area contributed by atoms with Gasteiger partial charge in [-0.15, -0.1) is 0 Å². The van der Waals surface area contributed by atoms with E-state index in [1.165, 1.54) is 12.1 Å². The first kappa shape index (κ1) is 24.5. The number of nitro groups is 1. The summed E-state index contributed by atoms with van der Waals surface area (Å²) in [5.41, 5.74) is 7.88. The molecule has 0 saturated carbocycles.